The minimum atomic E-state index is 0.410. The fourth-order valence-corrected chi connectivity index (χ4v) is 1.78. The molecule has 0 unspecified atom stereocenters. The lowest BCUT2D eigenvalue weighted by Gasteiger charge is -2.05. The minimum Gasteiger partial charge on any atom is -0.399 e. The molecule has 0 fully saturated rings. The van der Waals surface area contributed by atoms with Gasteiger partial charge >= 0.3 is 0 Å². The standard InChI is InChI=1S/C13H11N5/c14-8-4-5-10-9(7-8)12(15)18-13(17-10)11-3-1-2-6-16-11/h1-7H,14H2,(H2,15,17,18). The van der Waals surface area contributed by atoms with Gasteiger partial charge in [-0.05, 0) is 30.3 Å². The summed E-state index contributed by atoms with van der Waals surface area (Å²) in [6.07, 6.45) is 1.70. The van der Waals surface area contributed by atoms with E-state index in [0.717, 1.165) is 10.9 Å². The zero-order chi connectivity index (χ0) is 12.5. The largest absolute Gasteiger partial charge is 0.399 e. The number of rotatable bonds is 1. The number of hydrogen-bond donors (Lipinski definition) is 2. The maximum absolute atomic E-state index is 5.93. The van der Waals surface area contributed by atoms with Crippen molar-refractivity contribution < 1.29 is 0 Å². The van der Waals surface area contributed by atoms with Crippen molar-refractivity contribution in [3.63, 3.8) is 0 Å². The Balaban J connectivity index is 2.25. The number of aromatic nitrogens is 3. The summed E-state index contributed by atoms with van der Waals surface area (Å²) in [7, 11) is 0. The van der Waals surface area contributed by atoms with E-state index >= 15 is 0 Å². The first kappa shape index (κ1) is 10.5. The second kappa shape index (κ2) is 3.96. The molecule has 4 N–H and O–H groups in total. The van der Waals surface area contributed by atoms with Crippen LogP contribution in [0.5, 0.6) is 0 Å². The number of pyridine rings is 1. The lowest BCUT2D eigenvalue weighted by molar-refractivity contribution is 1.18. The van der Waals surface area contributed by atoms with Gasteiger partial charge < -0.3 is 11.5 Å². The molecule has 0 aliphatic rings. The fraction of sp³-hybridized carbons (Fsp3) is 0. The molecule has 0 spiro atoms. The maximum atomic E-state index is 5.93. The van der Waals surface area contributed by atoms with Crippen molar-refractivity contribution in [3.8, 4) is 11.5 Å². The van der Waals surface area contributed by atoms with E-state index in [0.29, 0.717) is 23.0 Å². The fourth-order valence-electron chi connectivity index (χ4n) is 1.78. The highest BCUT2D eigenvalue weighted by molar-refractivity contribution is 5.91. The number of hydrogen-bond acceptors (Lipinski definition) is 5. The molecule has 0 radical (unpaired) electrons. The molecular formula is C13H11N5. The highest BCUT2D eigenvalue weighted by Gasteiger charge is 2.07. The molecule has 0 atom stereocenters. The summed E-state index contributed by atoms with van der Waals surface area (Å²) >= 11 is 0. The Kier molecular flexibility index (Phi) is 2.30. The summed E-state index contributed by atoms with van der Waals surface area (Å²) in [5.41, 5.74) is 13.7. The normalized spacial score (nSPS) is 10.7. The number of anilines is 2. The van der Waals surface area contributed by atoms with Gasteiger partial charge in [-0.2, -0.15) is 0 Å². The van der Waals surface area contributed by atoms with Crippen LogP contribution in [0.1, 0.15) is 0 Å². The van der Waals surface area contributed by atoms with Crippen molar-refractivity contribution in [3.05, 3.63) is 42.6 Å². The molecule has 5 nitrogen and oxygen atoms in total. The Bertz CT molecular complexity index is 709. The van der Waals surface area contributed by atoms with Gasteiger partial charge in [0.25, 0.3) is 0 Å². The van der Waals surface area contributed by atoms with Gasteiger partial charge in [-0.3, -0.25) is 4.98 Å². The molecule has 3 aromatic rings. The first-order chi connectivity index (χ1) is 8.74. The van der Waals surface area contributed by atoms with E-state index in [-0.39, 0.29) is 0 Å². The second-order valence-corrected chi connectivity index (χ2v) is 3.92. The van der Waals surface area contributed by atoms with Crippen molar-refractivity contribution in [2.24, 2.45) is 0 Å². The molecule has 88 valence electrons. The summed E-state index contributed by atoms with van der Waals surface area (Å²) in [4.78, 5) is 12.9. The van der Waals surface area contributed by atoms with Gasteiger partial charge in [0, 0.05) is 17.3 Å². The van der Waals surface area contributed by atoms with Crippen LogP contribution < -0.4 is 11.5 Å². The smallest absolute Gasteiger partial charge is 0.180 e. The monoisotopic (exact) mass is 237 g/mol. The van der Waals surface area contributed by atoms with Gasteiger partial charge in [0.15, 0.2) is 5.82 Å². The van der Waals surface area contributed by atoms with Crippen molar-refractivity contribution in [1.82, 2.24) is 15.0 Å². The summed E-state index contributed by atoms with van der Waals surface area (Å²) in [5, 5.41) is 0.759. The highest BCUT2D eigenvalue weighted by atomic mass is 15.0. The molecule has 2 aromatic heterocycles. The number of fused-ring (bicyclic) bond motifs is 1. The van der Waals surface area contributed by atoms with Crippen LogP contribution in [0.3, 0.4) is 0 Å². The van der Waals surface area contributed by atoms with Crippen molar-refractivity contribution >= 4 is 22.4 Å². The molecule has 0 amide bonds. The van der Waals surface area contributed by atoms with Gasteiger partial charge in [-0.25, -0.2) is 9.97 Å². The van der Waals surface area contributed by atoms with Crippen LogP contribution in [0.4, 0.5) is 11.5 Å². The van der Waals surface area contributed by atoms with Crippen LogP contribution in [0.15, 0.2) is 42.6 Å². The van der Waals surface area contributed by atoms with Crippen LogP contribution >= 0.6 is 0 Å². The lowest BCUT2D eigenvalue weighted by Crippen LogP contribution is -1.99. The van der Waals surface area contributed by atoms with Crippen molar-refractivity contribution in [1.29, 1.82) is 0 Å². The van der Waals surface area contributed by atoms with Crippen LogP contribution in [-0.4, -0.2) is 15.0 Å². The van der Waals surface area contributed by atoms with Crippen LogP contribution in [-0.2, 0) is 0 Å². The first-order valence-corrected chi connectivity index (χ1v) is 5.48. The molecule has 0 bridgehead atoms. The minimum absolute atomic E-state index is 0.410. The maximum Gasteiger partial charge on any atom is 0.180 e. The molecule has 0 saturated carbocycles. The molecule has 2 heterocycles. The Labute approximate surface area is 104 Å². The Morgan fingerprint density at radius 2 is 1.83 bits per heavy atom. The van der Waals surface area contributed by atoms with E-state index in [1.54, 1.807) is 18.3 Å². The molecule has 0 saturated heterocycles. The SMILES string of the molecule is Nc1ccc2nc(-c3ccccn3)nc(N)c2c1. The van der Waals surface area contributed by atoms with E-state index in [1.165, 1.54) is 0 Å². The average molecular weight is 237 g/mol. The average Bonchev–Trinajstić information content (AvgIpc) is 2.40. The van der Waals surface area contributed by atoms with E-state index < -0.39 is 0 Å². The van der Waals surface area contributed by atoms with Gasteiger partial charge in [-0.1, -0.05) is 6.07 Å². The Hall–Kier alpha value is -2.69. The molecule has 18 heavy (non-hydrogen) atoms. The summed E-state index contributed by atoms with van der Waals surface area (Å²) in [5.74, 6) is 0.929. The number of nitrogen functional groups attached to an aromatic ring is 2. The molecule has 1 aromatic carbocycles. The van der Waals surface area contributed by atoms with Gasteiger partial charge in [-0.15, -0.1) is 0 Å². The second-order valence-electron chi connectivity index (χ2n) is 3.92. The third kappa shape index (κ3) is 1.71. The van der Waals surface area contributed by atoms with Gasteiger partial charge in [0.05, 0.1) is 5.52 Å². The number of nitrogens with zero attached hydrogens (tertiary/aromatic N) is 3. The van der Waals surface area contributed by atoms with Crippen LogP contribution in [0, 0.1) is 0 Å². The number of benzene rings is 1. The van der Waals surface area contributed by atoms with Gasteiger partial charge in [0.1, 0.15) is 11.5 Å². The Morgan fingerprint density at radius 3 is 2.61 bits per heavy atom. The molecule has 3 rings (SSSR count). The summed E-state index contributed by atoms with van der Waals surface area (Å²) in [6, 6.07) is 11.0. The topological polar surface area (TPSA) is 90.7 Å². The van der Waals surface area contributed by atoms with E-state index in [1.807, 2.05) is 24.3 Å². The van der Waals surface area contributed by atoms with E-state index in [9.17, 15) is 0 Å². The highest BCUT2D eigenvalue weighted by Crippen LogP contribution is 2.23. The first-order valence-electron chi connectivity index (χ1n) is 5.48. The predicted molar refractivity (Wildman–Crippen MR) is 71.6 cm³/mol. The lowest BCUT2D eigenvalue weighted by atomic mass is 10.2. The third-order valence-corrected chi connectivity index (χ3v) is 2.64. The molecular weight excluding hydrogens is 226 g/mol. The molecule has 0 aliphatic heterocycles. The van der Waals surface area contributed by atoms with E-state index in [2.05, 4.69) is 15.0 Å². The predicted octanol–water partition coefficient (Wildman–Crippen LogP) is 1.86. The van der Waals surface area contributed by atoms with Crippen LogP contribution in [0.2, 0.25) is 0 Å². The molecule has 5 heteroatoms. The van der Waals surface area contributed by atoms with Crippen molar-refractivity contribution in [2.45, 2.75) is 0 Å². The Morgan fingerprint density at radius 1 is 0.944 bits per heavy atom. The van der Waals surface area contributed by atoms with Crippen molar-refractivity contribution in [2.75, 3.05) is 11.5 Å². The molecule has 0 aliphatic carbocycles. The zero-order valence-corrected chi connectivity index (χ0v) is 9.54. The summed E-state index contributed by atoms with van der Waals surface area (Å²) < 4.78 is 0. The summed E-state index contributed by atoms with van der Waals surface area (Å²) in [6.45, 7) is 0. The third-order valence-electron chi connectivity index (χ3n) is 2.64. The number of nitrogens with two attached hydrogens (primary N) is 2. The van der Waals surface area contributed by atoms with Crippen LogP contribution in [0.25, 0.3) is 22.4 Å². The zero-order valence-electron chi connectivity index (χ0n) is 9.54. The van der Waals surface area contributed by atoms with E-state index in [4.69, 9.17) is 11.5 Å². The quantitative estimate of drug-likeness (QED) is 0.630. The van der Waals surface area contributed by atoms with Gasteiger partial charge in [0.2, 0.25) is 0 Å².